The summed E-state index contributed by atoms with van der Waals surface area (Å²) in [6.45, 7) is 3.15. The van der Waals surface area contributed by atoms with Gasteiger partial charge in [0.15, 0.2) is 0 Å². The number of benzene rings is 2. The number of nitrogens with zero attached hydrogens (tertiary/aromatic N) is 1. The summed E-state index contributed by atoms with van der Waals surface area (Å²) in [6.07, 6.45) is 1.76. The molecule has 1 amide bonds. The Hall–Kier alpha value is -3.20. The zero-order valence-electron chi connectivity index (χ0n) is 18.0. The lowest BCUT2D eigenvalue weighted by Gasteiger charge is -2.16. The molecule has 0 aliphatic carbocycles. The zero-order chi connectivity index (χ0) is 22.3. The van der Waals surface area contributed by atoms with Crippen molar-refractivity contribution in [1.29, 1.82) is 0 Å². The van der Waals surface area contributed by atoms with E-state index in [0.717, 1.165) is 16.9 Å². The Balaban J connectivity index is 1.35. The number of amides is 1. The van der Waals surface area contributed by atoms with Crippen molar-refractivity contribution in [3.63, 3.8) is 0 Å². The van der Waals surface area contributed by atoms with Gasteiger partial charge in [-0.15, -0.1) is 11.3 Å². The number of methoxy groups -OCH3 is 1. The molecule has 0 bridgehead atoms. The molecule has 1 aliphatic rings. The van der Waals surface area contributed by atoms with Gasteiger partial charge in [0.05, 0.1) is 13.2 Å². The fourth-order valence-corrected chi connectivity index (χ4v) is 4.20. The number of hydrazine groups is 1. The van der Waals surface area contributed by atoms with Crippen LogP contribution in [0.15, 0.2) is 65.1 Å². The van der Waals surface area contributed by atoms with Crippen LogP contribution in [0, 0.1) is 12.8 Å². The van der Waals surface area contributed by atoms with E-state index in [1.807, 2.05) is 60.8 Å². The van der Waals surface area contributed by atoms with Crippen LogP contribution in [0.3, 0.4) is 0 Å². The van der Waals surface area contributed by atoms with Crippen LogP contribution in [-0.4, -0.2) is 25.8 Å². The summed E-state index contributed by atoms with van der Waals surface area (Å²) in [4.78, 5) is 13.2. The summed E-state index contributed by atoms with van der Waals surface area (Å²) < 4.78 is 11.2. The number of carbonyl (C=O) groups excluding carboxylic acids is 1. The molecule has 8 heteroatoms. The van der Waals surface area contributed by atoms with Crippen LogP contribution in [0.5, 0.6) is 11.5 Å². The zero-order valence-corrected chi connectivity index (χ0v) is 18.8. The highest BCUT2D eigenvalue weighted by Crippen LogP contribution is 2.27. The van der Waals surface area contributed by atoms with Gasteiger partial charge in [0.1, 0.15) is 23.0 Å². The van der Waals surface area contributed by atoms with Crippen LogP contribution in [-0.2, 0) is 6.61 Å². The molecule has 2 aromatic carbocycles. The van der Waals surface area contributed by atoms with E-state index in [0.29, 0.717) is 23.8 Å². The van der Waals surface area contributed by atoms with Crippen LogP contribution >= 0.6 is 11.3 Å². The molecule has 2 atom stereocenters. The number of nitrogens with one attached hydrogen (secondary N) is 3. The van der Waals surface area contributed by atoms with Crippen LogP contribution in [0.1, 0.15) is 32.4 Å². The number of carbonyl (C=O) groups is 1. The Kier molecular flexibility index (Phi) is 7.16. The van der Waals surface area contributed by atoms with E-state index in [2.05, 4.69) is 21.4 Å². The van der Waals surface area contributed by atoms with Crippen molar-refractivity contribution in [3.8, 4) is 11.5 Å². The highest BCUT2D eigenvalue weighted by Gasteiger charge is 2.27. The quantitative estimate of drug-likeness (QED) is 0.359. The highest BCUT2D eigenvalue weighted by molar-refractivity contribution is 7.12. The molecule has 3 N–H and O–H groups in total. The second-order valence-electron chi connectivity index (χ2n) is 7.55. The fourth-order valence-electron chi connectivity index (χ4n) is 3.48. The lowest BCUT2D eigenvalue weighted by atomic mass is 9.96. The van der Waals surface area contributed by atoms with Crippen LogP contribution in [0.4, 0.5) is 0 Å². The Morgan fingerprint density at radius 2 is 2.09 bits per heavy atom. The SMILES string of the molecule is COc1cccc(C2NNCC2/C=N/NC(=O)c2sccc2OCc2ccc(C)cc2)c1. The third-order valence-corrected chi connectivity index (χ3v) is 6.15. The summed E-state index contributed by atoms with van der Waals surface area (Å²) in [5.74, 6) is 1.15. The first-order chi connectivity index (χ1) is 15.6. The van der Waals surface area contributed by atoms with Gasteiger partial charge < -0.3 is 9.47 Å². The predicted molar refractivity (Wildman–Crippen MR) is 126 cm³/mol. The first-order valence-electron chi connectivity index (χ1n) is 10.4. The van der Waals surface area contributed by atoms with Gasteiger partial charge in [-0.3, -0.25) is 10.2 Å². The van der Waals surface area contributed by atoms with Gasteiger partial charge in [-0.1, -0.05) is 42.0 Å². The third-order valence-electron chi connectivity index (χ3n) is 5.26. The van der Waals surface area contributed by atoms with Crippen molar-refractivity contribution in [1.82, 2.24) is 16.3 Å². The van der Waals surface area contributed by atoms with Crippen molar-refractivity contribution in [2.24, 2.45) is 11.0 Å². The van der Waals surface area contributed by atoms with Crippen LogP contribution < -0.4 is 25.8 Å². The Bertz CT molecular complexity index is 1080. The predicted octanol–water partition coefficient (Wildman–Crippen LogP) is 3.83. The van der Waals surface area contributed by atoms with Gasteiger partial charge in [-0.2, -0.15) is 5.10 Å². The first-order valence-corrected chi connectivity index (χ1v) is 11.2. The van der Waals surface area contributed by atoms with Crippen LogP contribution in [0.25, 0.3) is 0 Å². The van der Waals surface area contributed by atoms with E-state index in [-0.39, 0.29) is 17.9 Å². The number of hydrazone groups is 1. The number of thiophene rings is 1. The molecule has 0 spiro atoms. The molecule has 166 valence electrons. The summed E-state index contributed by atoms with van der Waals surface area (Å²) in [5, 5.41) is 6.05. The van der Waals surface area contributed by atoms with Gasteiger partial charge in [-0.25, -0.2) is 10.9 Å². The maximum atomic E-state index is 12.6. The van der Waals surface area contributed by atoms with Crippen LogP contribution in [0.2, 0.25) is 0 Å². The van der Waals surface area contributed by atoms with Crippen molar-refractivity contribution in [2.45, 2.75) is 19.6 Å². The van der Waals surface area contributed by atoms with E-state index >= 15 is 0 Å². The van der Waals surface area contributed by atoms with Crippen molar-refractivity contribution in [3.05, 3.63) is 81.5 Å². The first kappa shape index (κ1) is 22.0. The van der Waals surface area contributed by atoms with Gasteiger partial charge in [-0.05, 0) is 41.6 Å². The lowest BCUT2D eigenvalue weighted by molar-refractivity contribution is 0.0955. The van der Waals surface area contributed by atoms with E-state index in [1.54, 1.807) is 19.4 Å². The Morgan fingerprint density at radius 3 is 2.91 bits per heavy atom. The average molecular weight is 451 g/mol. The molecule has 2 heterocycles. The molecule has 1 aliphatic heterocycles. The Labute approximate surface area is 191 Å². The number of hydrogen-bond donors (Lipinski definition) is 3. The Morgan fingerprint density at radius 1 is 1.25 bits per heavy atom. The third kappa shape index (κ3) is 5.34. The number of ether oxygens (including phenoxy) is 2. The molecule has 4 rings (SSSR count). The highest BCUT2D eigenvalue weighted by atomic mass is 32.1. The van der Waals surface area contributed by atoms with E-state index in [9.17, 15) is 4.79 Å². The summed E-state index contributed by atoms with van der Waals surface area (Å²) in [5.41, 5.74) is 12.4. The van der Waals surface area contributed by atoms with E-state index < -0.39 is 0 Å². The molecule has 1 aromatic heterocycles. The smallest absolute Gasteiger partial charge is 0.285 e. The second-order valence-corrected chi connectivity index (χ2v) is 8.47. The van der Waals surface area contributed by atoms with Gasteiger partial charge >= 0.3 is 0 Å². The molecular formula is C24H26N4O3S. The van der Waals surface area contributed by atoms with Crippen molar-refractivity contribution in [2.75, 3.05) is 13.7 Å². The summed E-state index contributed by atoms with van der Waals surface area (Å²) >= 11 is 1.33. The molecule has 7 nitrogen and oxygen atoms in total. The maximum Gasteiger partial charge on any atom is 0.285 e. The number of aryl methyl sites for hydroxylation is 1. The lowest BCUT2D eigenvalue weighted by Crippen LogP contribution is -2.25. The topological polar surface area (TPSA) is 84.0 Å². The molecule has 3 aromatic rings. The van der Waals surface area contributed by atoms with Gasteiger partial charge in [0.2, 0.25) is 0 Å². The average Bonchev–Trinajstić information content (AvgIpc) is 3.48. The van der Waals surface area contributed by atoms with Gasteiger partial charge in [0, 0.05) is 18.7 Å². The normalized spacial score (nSPS) is 18.1. The van der Waals surface area contributed by atoms with E-state index in [1.165, 1.54) is 16.9 Å². The van der Waals surface area contributed by atoms with Crippen molar-refractivity contribution >= 4 is 23.5 Å². The minimum Gasteiger partial charge on any atom is -0.497 e. The fraction of sp³-hybridized carbons (Fsp3) is 0.250. The monoisotopic (exact) mass is 450 g/mol. The minimum absolute atomic E-state index is 0.0286. The van der Waals surface area contributed by atoms with Gasteiger partial charge in [0.25, 0.3) is 5.91 Å². The largest absolute Gasteiger partial charge is 0.497 e. The summed E-state index contributed by atoms with van der Waals surface area (Å²) in [7, 11) is 1.65. The number of rotatable bonds is 8. The van der Waals surface area contributed by atoms with Crippen molar-refractivity contribution < 1.29 is 14.3 Å². The molecule has 1 saturated heterocycles. The number of hydrogen-bond acceptors (Lipinski definition) is 7. The maximum absolute atomic E-state index is 12.6. The summed E-state index contributed by atoms with van der Waals surface area (Å²) in [6, 6.07) is 17.9. The molecule has 2 unspecified atom stereocenters. The van der Waals surface area contributed by atoms with E-state index in [4.69, 9.17) is 9.47 Å². The molecule has 1 fully saturated rings. The minimum atomic E-state index is -0.285. The second kappa shape index (κ2) is 10.4. The molecular weight excluding hydrogens is 424 g/mol. The molecule has 32 heavy (non-hydrogen) atoms. The molecule has 0 radical (unpaired) electrons. The standard InChI is InChI=1S/C24H26N4O3S/c1-16-6-8-17(9-7-16)15-31-21-10-11-32-23(21)24(29)28-26-14-19-13-25-27-22(19)18-4-3-5-20(12-18)30-2/h3-12,14,19,22,25,27H,13,15H2,1-2H3,(H,28,29)/b26-14+. The molecule has 0 saturated carbocycles.